The van der Waals surface area contributed by atoms with Gasteiger partial charge in [0.2, 0.25) is 0 Å². The number of aromatic nitrogens is 2. The number of carbonyl (C=O) groups excluding carboxylic acids is 1. The fourth-order valence-electron chi connectivity index (χ4n) is 3.09. The summed E-state index contributed by atoms with van der Waals surface area (Å²) in [5.41, 5.74) is -1.06. The Balaban J connectivity index is 2.27. The molecule has 0 aromatic carbocycles. The molecule has 2 rings (SSSR count). The van der Waals surface area contributed by atoms with E-state index < -0.39 is 17.1 Å². The van der Waals surface area contributed by atoms with E-state index in [1.165, 1.54) is 4.90 Å². The second kappa shape index (κ2) is 6.07. The Morgan fingerprint density at radius 1 is 1.35 bits per heavy atom. The minimum atomic E-state index is -0.830. The van der Waals surface area contributed by atoms with Crippen LogP contribution < -0.4 is 5.56 Å². The van der Waals surface area contributed by atoms with E-state index in [0.717, 1.165) is 12.8 Å². The quantitative estimate of drug-likeness (QED) is 0.888. The summed E-state index contributed by atoms with van der Waals surface area (Å²) in [6.45, 7) is 7.78. The predicted octanol–water partition coefficient (Wildman–Crippen LogP) is 1.75. The van der Waals surface area contributed by atoms with Gasteiger partial charge in [-0.2, -0.15) is 0 Å². The van der Waals surface area contributed by atoms with Crippen molar-refractivity contribution < 1.29 is 9.90 Å². The van der Waals surface area contributed by atoms with Gasteiger partial charge in [0.15, 0.2) is 0 Å². The van der Waals surface area contributed by atoms with Crippen molar-refractivity contribution in [1.82, 2.24) is 14.9 Å². The van der Waals surface area contributed by atoms with Gasteiger partial charge < -0.3 is 15.0 Å². The van der Waals surface area contributed by atoms with Crippen molar-refractivity contribution in [2.45, 2.75) is 64.4 Å². The van der Waals surface area contributed by atoms with Gasteiger partial charge in [-0.1, -0.05) is 33.6 Å². The molecule has 1 amide bonds. The van der Waals surface area contributed by atoms with Gasteiger partial charge in [0.25, 0.3) is 11.5 Å². The molecule has 0 atom stereocenters. The average Bonchev–Trinajstić information content (AvgIpc) is 2.83. The largest absolute Gasteiger partial charge is 0.388 e. The summed E-state index contributed by atoms with van der Waals surface area (Å²) in [7, 11) is 1.62. The zero-order valence-electron chi connectivity index (χ0n) is 14.7. The minimum absolute atomic E-state index is 0.0575. The van der Waals surface area contributed by atoms with Crippen molar-refractivity contribution in [1.29, 1.82) is 0 Å². The van der Waals surface area contributed by atoms with Crippen molar-refractivity contribution >= 4 is 5.91 Å². The first-order valence-corrected chi connectivity index (χ1v) is 8.13. The molecule has 6 nitrogen and oxygen atoms in total. The number of aromatic amines is 1. The predicted molar refractivity (Wildman–Crippen MR) is 88.7 cm³/mol. The normalized spacial score (nSPS) is 17.3. The minimum Gasteiger partial charge on any atom is -0.388 e. The van der Waals surface area contributed by atoms with Gasteiger partial charge in [-0.15, -0.1) is 0 Å². The van der Waals surface area contributed by atoms with Crippen LogP contribution in [-0.2, 0) is 5.41 Å². The first-order chi connectivity index (χ1) is 10.5. The first-order valence-electron chi connectivity index (χ1n) is 8.13. The smallest absolute Gasteiger partial charge is 0.264 e. The first kappa shape index (κ1) is 17.7. The molecule has 6 heteroatoms. The number of aliphatic hydroxyl groups is 1. The number of amides is 1. The molecule has 1 aliphatic carbocycles. The van der Waals surface area contributed by atoms with E-state index >= 15 is 0 Å². The third-order valence-electron chi connectivity index (χ3n) is 4.44. The summed E-state index contributed by atoms with van der Waals surface area (Å²) >= 11 is 0. The molecule has 1 fully saturated rings. The van der Waals surface area contributed by atoms with E-state index in [1.54, 1.807) is 14.0 Å². The SMILES string of the molecule is Cc1nc(C(C)(C)C)[nH]c(=O)c1C(=O)N(C)CC1(O)CCCC1. The number of hydrogen-bond donors (Lipinski definition) is 2. The summed E-state index contributed by atoms with van der Waals surface area (Å²) in [6.07, 6.45) is 3.34. The lowest BCUT2D eigenvalue weighted by molar-refractivity contribution is 0.0155. The third kappa shape index (κ3) is 3.80. The Kier molecular flexibility index (Phi) is 4.66. The van der Waals surface area contributed by atoms with Crippen molar-refractivity contribution in [2.24, 2.45) is 0 Å². The Bertz CT molecular complexity index is 652. The van der Waals surface area contributed by atoms with Gasteiger partial charge in [-0.05, 0) is 19.8 Å². The van der Waals surface area contributed by atoms with Crippen LogP contribution in [0, 0.1) is 6.92 Å². The highest BCUT2D eigenvalue weighted by atomic mass is 16.3. The summed E-state index contributed by atoms with van der Waals surface area (Å²) in [5, 5.41) is 10.5. The number of hydrogen-bond acceptors (Lipinski definition) is 4. The summed E-state index contributed by atoms with van der Waals surface area (Å²) in [5.74, 6) is 0.172. The maximum atomic E-state index is 12.6. The van der Waals surface area contributed by atoms with Gasteiger partial charge in [-0.3, -0.25) is 9.59 Å². The van der Waals surface area contributed by atoms with E-state index in [0.29, 0.717) is 24.4 Å². The van der Waals surface area contributed by atoms with Crippen molar-refractivity contribution in [2.75, 3.05) is 13.6 Å². The van der Waals surface area contributed by atoms with E-state index in [-0.39, 0.29) is 17.5 Å². The fourth-order valence-corrected chi connectivity index (χ4v) is 3.09. The summed E-state index contributed by atoms with van der Waals surface area (Å²) in [4.78, 5) is 33.5. The number of carbonyl (C=O) groups is 1. The second-order valence-electron chi connectivity index (χ2n) is 7.72. The molecule has 0 unspecified atom stereocenters. The van der Waals surface area contributed by atoms with E-state index in [2.05, 4.69) is 9.97 Å². The van der Waals surface area contributed by atoms with Crippen LogP contribution in [0.15, 0.2) is 4.79 Å². The molecule has 1 aromatic heterocycles. The lowest BCUT2D eigenvalue weighted by Gasteiger charge is -2.29. The van der Waals surface area contributed by atoms with Crippen LogP contribution in [0.4, 0.5) is 0 Å². The van der Waals surface area contributed by atoms with Crippen LogP contribution >= 0.6 is 0 Å². The van der Waals surface area contributed by atoms with Gasteiger partial charge in [0.05, 0.1) is 11.3 Å². The zero-order valence-corrected chi connectivity index (χ0v) is 14.7. The molecule has 1 heterocycles. The van der Waals surface area contributed by atoms with Crippen LogP contribution in [-0.4, -0.2) is 45.1 Å². The molecule has 0 radical (unpaired) electrons. The maximum Gasteiger partial charge on any atom is 0.264 e. The lowest BCUT2D eigenvalue weighted by atomic mass is 9.95. The monoisotopic (exact) mass is 321 g/mol. The summed E-state index contributed by atoms with van der Waals surface area (Å²) in [6, 6.07) is 0. The van der Waals surface area contributed by atoms with E-state index in [9.17, 15) is 14.7 Å². The van der Waals surface area contributed by atoms with Crippen molar-refractivity contribution in [3.8, 4) is 0 Å². The molecule has 128 valence electrons. The number of H-pyrrole nitrogens is 1. The Morgan fingerprint density at radius 3 is 2.39 bits per heavy atom. The van der Waals surface area contributed by atoms with E-state index in [4.69, 9.17) is 0 Å². The number of nitrogens with one attached hydrogen (secondary N) is 1. The van der Waals surface area contributed by atoms with Gasteiger partial charge in [0, 0.05) is 19.0 Å². The number of nitrogens with zero attached hydrogens (tertiary/aromatic N) is 2. The Labute approximate surface area is 136 Å². The van der Waals surface area contributed by atoms with Crippen LogP contribution in [0.2, 0.25) is 0 Å². The van der Waals surface area contributed by atoms with Crippen LogP contribution in [0.1, 0.15) is 68.3 Å². The standard InChI is InChI=1S/C17H27N3O3/c1-11-12(13(21)19-15(18-11)16(2,3)4)14(22)20(5)10-17(23)8-6-7-9-17/h23H,6-10H2,1-5H3,(H,18,19,21). The van der Waals surface area contributed by atoms with Crippen LogP contribution in [0.3, 0.4) is 0 Å². The highest BCUT2D eigenvalue weighted by Gasteiger charge is 2.34. The Morgan fingerprint density at radius 2 is 1.91 bits per heavy atom. The maximum absolute atomic E-state index is 12.6. The summed E-state index contributed by atoms with van der Waals surface area (Å²) < 4.78 is 0. The Hall–Kier alpha value is -1.69. The molecule has 23 heavy (non-hydrogen) atoms. The molecule has 0 saturated heterocycles. The topological polar surface area (TPSA) is 86.3 Å². The number of rotatable bonds is 3. The molecular weight excluding hydrogens is 294 g/mol. The molecule has 1 aromatic rings. The molecule has 0 bridgehead atoms. The second-order valence-corrected chi connectivity index (χ2v) is 7.72. The van der Waals surface area contributed by atoms with Gasteiger partial charge in [0.1, 0.15) is 11.4 Å². The van der Waals surface area contributed by atoms with Crippen molar-refractivity contribution in [3.05, 3.63) is 27.4 Å². The lowest BCUT2D eigenvalue weighted by Crippen LogP contribution is -2.44. The van der Waals surface area contributed by atoms with Gasteiger partial charge >= 0.3 is 0 Å². The van der Waals surface area contributed by atoms with E-state index in [1.807, 2.05) is 20.8 Å². The number of aryl methyl sites for hydroxylation is 1. The van der Waals surface area contributed by atoms with Crippen molar-refractivity contribution in [3.63, 3.8) is 0 Å². The van der Waals surface area contributed by atoms with Crippen LogP contribution in [0.25, 0.3) is 0 Å². The molecule has 1 saturated carbocycles. The van der Waals surface area contributed by atoms with Gasteiger partial charge in [-0.25, -0.2) is 4.98 Å². The molecule has 0 aliphatic heterocycles. The molecular formula is C17H27N3O3. The molecule has 2 N–H and O–H groups in total. The third-order valence-corrected chi connectivity index (χ3v) is 4.44. The zero-order chi connectivity index (χ0) is 17.4. The molecule has 1 aliphatic rings. The highest BCUT2D eigenvalue weighted by Crippen LogP contribution is 2.30. The average molecular weight is 321 g/mol. The highest BCUT2D eigenvalue weighted by molar-refractivity contribution is 5.94. The molecule has 0 spiro atoms. The van der Waals surface area contributed by atoms with Crippen LogP contribution in [0.5, 0.6) is 0 Å². The number of likely N-dealkylation sites (N-methyl/N-ethyl adjacent to an activating group) is 1. The fraction of sp³-hybridized carbons (Fsp3) is 0.706.